The number of hydrogen-bond acceptors (Lipinski definition) is 0. The summed E-state index contributed by atoms with van der Waals surface area (Å²) in [7, 11) is 0. The molecule has 0 N–H and O–H groups in total. The second kappa shape index (κ2) is 8.59. The molecule has 0 amide bonds. The van der Waals surface area contributed by atoms with Crippen LogP contribution in [0.15, 0.2) is 0 Å². The lowest BCUT2D eigenvalue weighted by molar-refractivity contribution is 0.0937. The van der Waals surface area contributed by atoms with Crippen molar-refractivity contribution in [3.05, 3.63) is 0 Å². The maximum Gasteiger partial charge on any atom is -0.0386 e. The lowest BCUT2D eigenvalue weighted by Gasteiger charge is -2.42. The van der Waals surface area contributed by atoms with Gasteiger partial charge in [-0.25, -0.2) is 0 Å². The Hall–Kier alpha value is 0. The van der Waals surface area contributed by atoms with Gasteiger partial charge in [-0.05, 0) is 124 Å². The van der Waals surface area contributed by atoms with Crippen LogP contribution in [0.5, 0.6) is 0 Å². The average Bonchev–Trinajstić information content (AvgIpc) is 2.62. The first kappa shape index (κ1) is 18.8. The molecule has 0 aromatic carbocycles. The van der Waals surface area contributed by atoms with E-state index >= 15 is 0 Å². The summed E-state index contributed by atoms with van der Waals surface area (Å²) in [4.78, 5) is 0. The van der Waals surface area contributed by atoms with Crippen molar-refractivity contribution in [1.29, 1.82) is 0 Å². The summed E-state index contributed by atoms with van der Waals surface area (Å²) in [5.41, 5.74) is 0. The molecule has 3 aliphatic carbocycles. The SMILES string of the molecule is CC(C)C1CCC(C2CCC(C3CCC(C(C)C)CC3)CC2)CC1. The van der Waals surface area contributed by atoms with Gasteiger partial charge in [0, 0.05) is 0 Å². The fourth-order valence-electron chi connectivity index (χ4n) is 6.65. The Morgan fingerprint density at radius 2 is 0.583 bits per heavy atom. The van der Waals surface area contributed by atoms with E-state index in [2.05, 4.69) is 27.7 Å². The van der Waals surface area contributed by atoms with E-state index in [0.717, 1.165) is 47.3 Å². The summed E-state index contributed by atoms with van der Waals surface area (Å²) < 4.78 is 0. The zero-order chi connectivity index (χ0) is 17.1. The van der Waals surface area contributed by atoms with Gasteiger partial charge in [0.1, 0.15) is 0 Å². The highest BCUT2D eigenvalue weighted by Crippen LogP contribution is 2.47. The Morgan fingerprint density at radius 1 is 0.375 bits per heavy atom. The summed E-state index contributed by atoms with van der Waals surface area (Å²) in [6.45, 7) is 9.74. The molecule has 0 nitrogen and oxygen atoms in total. The third kappa shape index (κ3) is 4.59. The summed E-state index contributed by atoms with van der Waals surface area (Å²) in [6.07, 6.45) is 18.6. The molecule has 0 aliphatic heterocycles. The molecular formula is C24H44. The lowest BCUT2D eigenvalue weighted by atomic mass is 9.64. The van der Waals surface area contributed by atoms with Crippen LogP contribution >= 0.6 is 0 Å². The summed E-state index contributed by atoms with van der Waals surface area (Å²) in [5, 5.41) is 0. The highest BCUT2D eigenvalue weighted by atomic mass is 14.4. The molecule has 0 heteroatoms. The van der Waals surface area contributed by atoms with Crippen LogP contribution in [0.3, 0.4) is 0 Å². The first-order valence-corrected chi connectivity index (χ1v) is 11.5. The topological polar surface area (TPSA) is 0 Å². The van der Waals surface area contributed by atoms with Crippen LogP contribution in [0.25, 0.3) is 0 Å². The quantitative estimate of drug-likeness (QED) is 0.494. The highest BCUT2D eigenvalue weighted by Gasteiger charge is 2.35. The first-order valence-electron chi connectivity index (χ1n) is 11.5. The van der Waals surface area contributed by atoms with E-state index in [1.807, 2.05) is 0 Å². The minimum Gasteiger partial charge on any atom is -0.0625 e. The van der Waals surface area contributed by atoms with Gasteiger partial charge < -0.3 is 0 Å². The summed E-state index contributed by atoms with van der Waals surface area (Å²) >= 11 is 0. The minimum atomic E-state index is 0.919. The number of hydrogen-bond donors (Lipinski definition) is 0. The Kier molecular flexibility index (Phi) is 6.72. The van der Waals surface area contributed by atoms with Crippen molar-refractivity contribution in [2.75, 3.05) is 0 Å². The van der Waals surface area contributed by atoms with E-state index in [4.69, 9.17) is 0 Å². The molecule has 0 unspecified atom stereocenters. The maximum atomic E-state index is 2.43. The second-order valence-electron chi connectivity index (χ2n) is 10.5. The molecule has 0 saturated heterocycles. The second-order valence-corrected chi connectivity index (χ2v) is 10.5. The average molecular weight is 333 g/mol. The van der Waals surface area contributed by atoms with Gasteiger partial charge in [0.25, 0.3) is 0 Å². The molecule has 24 heavy (non-hydrogen) atoms. The molecule has 0 aromatic heterocycles. The molecule has 3 saturated carbocycles. The van der Waals surface area contributed by atoms with Crippen molar-refractivity contribution in [1.82, 2.24) is 0 Å². The van der Waals surface area contributed by atoms with Crippen LogP contribution < -0.4 is 0 Å². The Balaban J connectivity index is 1.39. The minimum absolute atomic E-state index is 0.919. The van der Waals surface area contributed by atoms with Crippen LogP contribution in [-0.2, 0) is 0 Å². The van der Waals surface area contributed by atoms with Gasteiger partial charge in [-0.3, -0.25) is 0 Å². The van der Waals surface area contributed by atoms with Gasteiger partial charge in [0.05, 0.1) is 0 Å². The monoisotopic (exact) mass is 332 g/mol. The van der Waals surface area contributed by atoms with E-state index in [-0.39, 0.29) is 0 Å². The highest BCUT2D eigenvalue weighted by molar-refractivity contribution is 4.86. The van der Waals surface area contributed by atoms with Crippen LogP contribution in [0.2, 0.25) is 0 Å². The first-order chi connectivity index (χ1) is 11.5. The van der Waals surface area contributed by atoms with Crippen molar-refractivity contribution in [3.8, 4) is 0 Å². The van der Waals surface area contributed by atoms with Gasteiger partial charge in [-0.15, -0.1) is 0 Å². The van der Waals surface area contributed by atoms with Gasteiger partial charge in [-0.1, -0.05) is 27.7 Å². The van der Waals surface area contributed by atoms with Crippen LogP contribution in [-0.4, -0.2) is 0 Å². The molecule has 0 spiro atoms. The molecule has 0 bridgehead atoms. The fourth-order valence-corrected chi connectivity index (χ4v) is 6.65. The van der Waals surface area contributed by atoms with Gasteiger partial charge in [-0.2, -0.15) is 0 Å². The summed E-state index contributed by atoms with van der Waals surface area (Å²) in [5.74, 6) is 8.30. The zero-order valence-corrected chi connectivity index (χ0v) is 17.1. The van der Waals surface area contributed by atoms with Crippen LogP contribution in [0.4, 0.5) is 0 Å². The molecule has 3 fully saturated rings. The van der Waals surface area contributed by atoms with Crippen molar-refractivity contribution in [2.24, 2.45) is 47.3 Å². The Labute approximate surface area is 152 Å². The van der Waals surface area contributed by atoms with Crippen molar-refractivity contribution >= 4 is 0 Å². The molecule has 140 valence electrons. The zero-order valence-electron chi connectivity index (χ0n) is 17.1. The molecule has 0 atom stereocenters. The van der Waals surface area contributed by atoms with E-state index in [0.29, 0.717) is 0 Å². The maximum absolute atomic E-state index is 2.43. The molecule has 0 radical (unpaired) electrons. The van der Waals surface area contributed by atoms with Crippen molar-refractivity contribution in [2.45, 2.75) is 105 Å². The Morgan fingerprint density at radius 3 is 0.792 bits per heavy atom. The smallest absolute Gasteiger partial charge is 0.0386 e. The predicted molar refractivity (Wildman–Crippen MR) is 106 cm³/mol. The largest absolute Gasteiger partial charge is 0.0625 e. The van der Waals surface area contributed by atoms with Crippen LogP contribution in [0, 0.1) is 47.3 Å². The van der Waals surface area contributed by atoms with E-state index in [1.165, 1.54) is 25.7 Å². The standard InChI is InChI=1S/C24H44/c1-17(2)19-5-9-21(10-6-19)23-13-15-24(16-14-23)22-11-7-20(8-12-22)18(3)4/h17-24H,5-16H2,1-4H3. The normalized spacial score (nSPS) is 41.8. The third-order valence-corrected chi connectivity index (χ3v) is 8.67. The fraction of sp³-hybridized carbons (Fsp3) is 1.00. The van der Waals surface area contributed by atoms with E-state index in [9.17, 15) is 0 Å². The van der Waals surface area contributed by atoms with E-state index < -0.39 is 0 Å². The molecule has 0 aromatic rings. The molecule has 0 heterocycles. The van der Waals surface area contributed by atoms with Crippen molar-refractivity contribution < 1.29 is 0 Å². The van der Waals surface area contributed by atoms with Gasteiger partial charge >= 0.3 is 0 Å². The summed E-state index contributed by atoms with van der Waals surface area (Å²) in [6, 6.07) is 0. The Bertz CT molecular complexity index is 308. The third-order valence-electron chi connectivity index (χ3n) is 8.67. The number of rotatable bonds is 4. The molecule has 3 rings (SSSR count). The van der Waals surface area contributed by atoms with Gasteiger partial charge in [0.2, 0.25) is 0 Å². The van der Waals surface area contributed by atoms with Crippen LogP contribution in [0.1, 0.15) is 105 Å². The predicted octanol–water partition coefficient (Wildman–Crippen LogP) is 7.72. The molecule has 3 aliphatic rings. The van der Waals surface area contributed by atoms with Gasteiger partial charge in [0.15, 0.2) is 0 Å². The van der Waals surface area contributed by atoms with Crippen molar-refractivity contribution in [3.63, 3.8) is 0 Å². The lowest BCUT2D eigenvalue weighted by Crippen LogP contribution is -2.30. The van der Waals surface area contributed by atoms with E-state index in [1.54, 1.807) is 51.4 Å². The molecular weight excluding hydrogens is 288 g/mol.